The van der Waals surface area contributed by atoms with Crippen LogP contribution in [0, 0.1) is 0 Å². The van der Waals surface area contributed by atoms with E-state index in [0.717, 1.165) is 44.4 Å². The molecule has 0 aliphatic carbocycles. The second-order valence-corrected chi connectivity index (χ2v) is 5.67. The van der Waals surface area contributed by atoms with Crippen molar-refractivity contribution in [3.63, 3.8) is 0 Å². The minimum absolute atomic E-state index is 0.0812. The number of amides is 1. The maximum atomic E-state index is 12.5. The molecule has 24 heavy (non-hydrogen) atoms. The number of carbonyl (C=O) groups is 1. The smallest absolute Gasteiger partial charge is 0.254 e. The zero-order valence-electron chi connectivity index (χ0n) is 13.9. The van der Waals surface area contributed by atoms with Crippen molar-refractivity contribution in [2.45, 2.75) is 13.3 Å². The Labute approximate surface area is 141 Å². The van der Waals surface area contributed by atoms with Crippen LogP contribution in [0.3, 0.4) is 0 Å². The molecule has 1 fully saturated rings. The second kappa shape index (κ2) is 8.03. The van der Waals surface area contributed by atoms with Crippen LogP contribution in [0.1, 0.15) is 23.0 Å². The molecule has 0 unspecified atom stereocenters. The lowest BCUT2D eigenvalue weighted by molar-refractivity contribution is 0.0383. The first-order valence-electron chi connectivity index (χ1n) is 8.36. The van der Waals surface area contributed by atoms with Gasteiger partial charge in [-0.3, -0.25) is 9.69 Å². The fourth-order valence-corrected chi connectivity index (χ4v) is 2.83. The zero-order valence-corrected chi connectivity index (χ0v) is 13.9. The van der Waals surface area contributed by atoms with E-state index in [1.807, 2.05) is 25.1 Å². The minimum atomic E-state index is -0.0812. The largest absolute Gasteiger partial charge is 0.379 e. The third kappa shape index (κ3) is 3.80. The number of morpholine rings is 1. The van der Waals surface area contributed by atoms with Crippen molar-refractivity contribution in [3.05, 3.63) is 41.9 Å². The summed E-state index contributed by atoms with van der Waals surface area (Å²) in [5.74, 6) is 0.643. The van der Waals surface area contributed by atoms with E-state index in [1.165, 1.54) is 0 Å². The predicted molar refractivity (Wildman–Crippen MR) is 90.3 cm³/mol. The number of pyridine rings is 1. The Morgan fingerprint density at radius 3 is 2.88 bits per heavy atom. The molecule has 0 saturated carbocycles. The quantitative estimate of drug-likeness (QED) is 0.852. The van der Waals surface area contributed by atoms with Crippen LogP contribution in [0.2, 0.25) is 0 Å². The average molecular weight is 329 g/mol. The molecule has 2 aromatic rings. The number of hydrogen-bond acceptors (Lipinski definition) is 5. The number of nitrogens with one attached hydrogen (secondary N) is 1. The molecule has 7 heteroatoms. The average Bonchev–Trinajstić information content (AvgIpc) is 3.07. The van der Waals surface area contributed by atoms with Gasteiger partial charge in [0.2, 0.25) is 0 Å². The first kappa shape index (κ1) is 16.6. The van der Waals surface area contributed by atoms with Crippen molar-refractivity contribution in [3.8, 4) is 5.82 Å². The molecule has 1 N–H and O–H groups in total. The Morgan fingerprint density at radius 1 is 1.33 bits per heavy atom. The summed E-state index contributed by atoms with van der Waals surface area (Å²) in [6, 6.07) is 5.65. The fraction of sp³-hybridized carbons (Fsp3) is 0.471. The Bertz CT molecular complexity index is 665. The molecule has 3 rings (SSSR count). The van der Waals surface area contributed by atoms with Crippen LogP contribution < -0.4 is 5.32 Å². The Hall–Kier alpha value is -2.25. The van der Waals surface area contributed by atoms with E-state index in [4.69, 9.17) is 4.74 Å². The molecule has 1 aliphatic rings. The number of carbonyl (C=O) groups excluding carboxylic acids is 1. The van der Waals surface area contributed by atoms with Gasteiger partial charge < -0.3 is 10.1 Å². The molecule has 0 atom stereocenters. The Balaban J connectivity index is 1.63. The molecular formula is C17H23N5O2. The molecule has 3 heterocycles. The molecule has 1 amide bonds. The lowest BCUT2D eigenvalue weighted by Gasteiger charge is -2.26. The molecule has 0 spiro atoms. The van der Waals surface area contributed by atoms with E-state index in [1.54, 1.807) is 17.1 Å². The maximum Gasteiger partial charge on any atom is 0.254 e. The summed E-state index contributed by atoms with van der Waals surface area (Å²) in [6.45, 7) is 6.86. The van der Waals surface area contributed by atoms with Gasteiger partial charge in [-0.25, -0.2) is 9.67 Å². The van der Waals surface area contributed by atoms with E-state index >= 15 is 0 Å². The molecule has 0 bridgehead atoms. The second-order valence-electron chi connectivity index (χ2n) is 5.67. The molecule has 0 radical (unpaired) electrons. The van der Waals surface area contributed by atoms with Crippen LogP contribution in [0.25, 0.3) is 5.82 Å². The van der Waals surface area contributed by atoms with Gasteiger partial charge in [-0.1, -0.05) is 13.0 Å². The highest BCUT2D eigenvalue weighted by molar-refractivity contribution is 5.95. The van der Waals surface area contributed by atoms with Gasteiger partial charge in [-0.05, 0) is 18.6 Å². The van der Waals surface area contributed by atoms with Gasteiger partial charge in [0.15, 0.2) is 5.82 Å². The topological polar surface area (TPSA) is 72.3 Å². The van der Waals surface area contributed by atoms with Crippen molar-refractivity contribution >= 4 is 5.91 Å². The summed E-state index contributed by atoms with van der Waals surface area (Å²) < 4.78 is 7.06. The van der Waals surface area contributed by atoms with E-state index in [-0.39, 0.29) is 5.91 Å². The van der Waals surface area contributed by atoms with Gasteiger partial charge in [0.1, 0.15) is 0 Å². The highest BCUT2D eigenvalue weighted by Gasteiger charge is 2.18. The summed E-state index contributed by atoms with van der Waals surface area (Å²) in [5, 5.41) is 7.33. The summed E-state index contributed by atoms with van der Waals surface area (Å²) in [6.07, 6.45) is 4.05. The van der Waals surface area contributed by atoms with Crippen LogP contribution in [-0.2, 0) is 11.2 Å². The van der Waals surface area contributed by atoms with Crippen molar-refractivity contribution in [2.24, 2.45) is 0 Å². The van der Waals surface area contributed by atoms with Gasteiger partial charge in [-0.2, -0.15) is 5.10 Å². The first-order chi connectivity index (χ1) is 11.8. The number of nitrogens with zero attached hydrogens (tertiary/aromatic N) is 4. The van der Waals surface area contributed by atoms with Crippen LogP contribution >= 0.6 is 0 Å². The van der Waals surface area contributed by atoms with E-state index in [2.05, 4.69) is 20.3 Å². The molecule has 1 saturated heterocycles. The number of ether oxygens (including phenoxy) is 1. The maximum absolute atomic E-state index is 12.5. The molecular weight excluding hydrogens is 306 g/mol. The lowest BCUT2D eigenvalue weighted by Crippen LogP contribution is -2.41. The van der Waals surface area contributed by atoms with Crippen molar-refractivity contribution < 1.29 is 9.53 Å². The van der Waals surface area contributed by atoms with Gasteiger partial charge >= 0.3 is 0 Å². The summed E-state index contributed by atoms with van der Waals surface area (Å²) in [7, 11) is 0. The third-order valence-electron chi connectivity index (χ3n) is 4.13. The summed E-state index contributed by atoms with van der Waals surface area (Å²) in [5.41, 5.74) is 1.49. The van der Waals surface area contributed by atoms with Gasteiger partial charge in [0.25, 0.3) is 5.91 Å². The van der Waals surface area contributed by atoms with Crippen LogP contribution in [0.15, 0.2) is 30.6 Å². The lowest BCUT2D eigenvalue weighted by atomic mass is 10.2. The van der Waals surface area contributed by atoms with Crippen molar-refractivity contribution in [1.29, 1.82) is 0 Å². The molecule has 1 aliphatic heterocycles. The van der Waals surface area contributed by atoms with E-state index in [9.17, 15) is 4.79 Å². The monoisotopic (exact) mass is 329 g/mol. The summed E-state index contributed by atoms with van der Waals surface area (Å²) >= 11 is 0. The Morgan fingerprint density at radius 2 is 2.17 bits per heavy atom. The first-order valence-corrected chi connectivity index (χ1v) is 8.36. The van der Waals surface area contributed by atoms with Gasteiger partial charge in [0.05, 0.1) is 30.7 Å². The predicted octanol–water partition coefficient (Wildman–Crippen LogP) is 0.892. The van der Waals surface area contributed by atoms with Crippen LogP contribution in [-0.4, -0.2) is 65.0 Å². The normalized spacial score (nSPS) is 15.4. The number of rotatable bonds is 6. The van der Waals surface area contributed by atoms with E-state index < -0.39 is 0 Å². The fourth-order valence-electron chi connectivity index (χ4n) is 2.83. The zero-order chi connectivity index (χ0) is 16.8. The SMILES string of the molecule is CCc1c(C(=O)NCCN2CCOCC2)cnn1-c1ccccn1. The third-order valence-corrected chi connectivity index (χ3v) is 4.13. The highest BCUT2D eigenvalue weighted by Crippen LogP contribution is 2.14. The number of hydrogen-bond donors (Lipinski definition) is 1. The standard InChI is InChI=1S/C17H23N5O2/c1-2-15-14(13-20-22(15)16-5-3-4-6-18-16)17(23)19-7-8-21-9-11-24-12-10-21/h3-6,13H,2,7-12H2,1H3,(H,19,23). The minimum Gasteiger partial charge on any atom is -0.379 e. The van der Waals surface area contributed by atoms with E-state index in [0.29, 0.717) is 18.5 Å². The molecule has 2 aromatic heterocycles. The van der Waals surface area contributed by atoms with Gasteiger partial charge in [0, 0.05) is 32.4 Å². The van der Waals surface area contributed by atoms with Crippen LogP contribution in [0.5, 0.6) is 0 Å². The summed E-state index contributed by atoms with van der Waals surface area (Å²) in [4.78, 5) is 19.1. The molecule has 0 aromatic carbocycles. The molecule has 7 nitrogen and oxygen atoms in total. The van der Waals surface area contributed by atoms with Crippen molar-refractivity contribution in [2.75, 3.05) is 39.4 Å². The van der Waals surface area contributed by atoms with Gasteiger partial charge in [-0.15, -0.1) is 0 Å². The van der Waals surface area contributed by atoms with Crippen molar-refractivity contribution in [1.82, 2.24) is 25.0 Å². The Kier molecular flexibility index (Phi) is 5.55. The number of aromatic nitrogens is 3. The molecule has 128 valence electrons. The highest BCUT2D eigenvalue weighted by atomic mass is 16.5. The van der Waals surface area contributed by atoms with Crippen LogP contribution in [0.4, 0.5) is 0 Å².